The van der Waals surface area contributed by atoms with E-state index in [9.17, 15) is 4.79 Å². The number of hydrogen-bond donors (Lipinski definition) is 1. The molecule has 0 unspecified atom stereocenters. The molecule has 0 saturated heterocycles. The summed E-state index contributed by atoms with van der Waals surface area (Å²) in [6, 6.07) is 7.45. The van der Waals surface area contributed by atoms with E-state index in [1.807, 2.05) is 28.8 Å². The van der Waals surface area contributed by atoms with Crippen molar-refractivity contribution >= 4 is 17.6 Å². The monoisotopic (exact) mass is 250 g/mol. The molecule has 1 aromatic heterocycles. The van der Waals surface area contributed by atoms with Crippen LogP contribution in [-0.4, -0.2) is 20.6 Å². The van der Waals surface area contributed by atoms with E-state index in [0.717, 1.165) is 11.1 Å². The largest absolute Gasteiger partial charge is 0.481 e. The van der Waals surface area contributed by atoms with Gasteiger partial charge in [0.15, 0.2) is 0 Å². The number of carbonyl (C=O) groups is 1. The van der Waals surface area contributed by atoms with E-state index >= 15 is 0 Å². The second-order valence-corrected chi connectivity index (χ2v) is 4.10. The summed E-state index contributed by atoms with van der Waals surface area (Å²) in [5.41, 5.74) is 1.77. The van der Waals surface area contributed by atoms with E-state index in [1.54, 1.807) is 12.5 Å². The van der Waals surface area contributed by atoms with Gasteiger partial charge in [-0.2, -0.15) is 0 Å². The Labute approximate surface area is 103 Å². The van der Waals surface area contributed by atoms with E-state index in [1.165, 1.54) is 0 Å². The van der Waals surface area contributed by atoms with Gasteiger partial charge in [0.05, 0.1) is 12.7 Å². The van der Waals surface area contributed by atoms with Crippen molar-refractivity contribution in [2.45, 2.75) is 13.0 Å². The van der Waals surface area contributed by atoms with Crippen LogP contribution in [0.2, 0.25) is 5.15 Å². The minimum absolute atomic E-state index is 0.0264. The summed E-state index contributed by atoms with van der Waals surface area (Å²) < 4.78 is 1.82. The first-order valence-corrected chi connectivity index (χ1v) is 5.49. The fraction of sp³-hybridized carbons (Fsp3) is 0.167. The molecule has 0 radical (unpaired) electrons. The Kier molecular flexibility index (Phi) is 3.44. The van der Waals surface area contributed by atoms with Crippen LogP contribution < -0.4 is 0 Å². The number of aliphatic carboxylic acids is 1. The van der Waals surface area contributed by atoms with Gasteiger partial charge in [-0.25, -0.2) is 4.98 Å². The third kappa shape index (κ3) is 3.07. The molecule has 5 heteroatoms. The Hall–Kier alpha value is -1.81. The van der Waals surface area contributed by atoms with Crippen molar-refractivity contribution in [1.82, 2.24) is 9.55 Å². The van der Waals surface area contributed by atoms with Crippen LogP contribution in [0.5, 0.6) is 0 Å². The van der Waals surface area contributed by atoms with Crippen LogP contribution in [0.25, 0.3) is 0 Å². The molecule has 0 fully saturated rings. The molecule has 0 saturated carbocycles. The van der Waals surface area contributed by atoms with Crippen molar-refractivity contribution in [2.75, 3.05) is 0 Å². The first-order valence-electron chi connectivity index (χ1n) is 5.11. The van der Waals surface area contributed by atoms with Crippen LogP contribution in [0.3, 0.4) is 0 Å². The molecule has 17 heavy (non-hydrogen) atoms. The first kappa shape index (κ1) is 11.7. The highest BCUT2D eigenvalue weighted by atomic mass is 35.5. The van der Waals surface area contributed by atoms with Gasteiger partial charge in [-0.15, -0.1) is 0 Å². The molecule has 2 aromatic rings. The van der Waals surface area contributed by atoms with Crippen LogP contribution in [-0.2, 0) is 17.8 Å². The zero-order valence-electron chi connectivity index (χ0n) is 9.01. The second-order valence-electron chi connectivity index (χ2n) is 3.71. The molecule has 0 amide bonds. The Morgan fingerprint density at radius 3 is 2.65 bits per heavy atom. The summed E-state index contributed by atoms with van der Waals surface area (Å²) in [5, 5.41) is 9.25. The van der Waals surface area contributed by atoms with Crippen molar-refractivity contribution in [2.24, 2.45) is 0 Å². The van der Waals surface area contributed by atoms with Gasteiger partial charge in [0.2, 0.25) is 0 Å². The van der Waals surface area contributed by atoms with E-state index in [2.05, 4.69) is 4.98 Å². The number of carboxylic acids is 1. The number of hydrogen-bond acceptors (Lipinski definition) is 2. The zero-order valence-corrected chi connectivity index (χ0v) is 9.76. The number of rotatable bonds is 4. The molecule has 1 N–H and O–H groups in total. The average molecular weight is 251 g/mol. The third-order valence-corrected chi connectivity index (χ3v) is 2.61. The van der Waals surface area contributed by atoms with Crippen molar-refractivity contribution in [3.8, 4) is 0 Å². The van der Waals surface area contributed by atoms with Crippen molar-refractivity contribution in [3.05, 3.63) is 53.1 Å². The summed E-state index contributed by atoms with van der Waals surface area (Å²) in [5.74, 6) is -0.832. The third-order valence-electron chi connectivity index (χ3n) is 2.41. The van der Waals surface area contributed by atoms with Crippen molar-refractivity contribution in [3.63, 3.8) is 0 Å². The van der Waals surface area contributed by atoms with Crippen molar-refractivity contribution in [1.29, 1.82) is 0 Å². The lowest BCUT2D eigenvalue weighted by Crippen LogP contribution is -2.06. The maximum Gasteiger partial charge on any atom is 0.307 e. The Morgan fingerprint density at radius 2 is 2.06 bits per heavy atom. The van der Waals surface area contributed by atoms with Crippen LogP contribution in [0, 0.1) is 0 Å². The minimum atomic E-state index is -0.832. The van der Waals surface area contributed by atoms with Gasteiger partial charge in [0, 0.05) is 12.7 Å². The van der Waals surface area contributed by atoms with Gasteiger partial charge in [0.25, 0.3) is 0 Å². The fourth-order valence-electron chi connectivity index (χ4n) is 1.66. The maximum atomic E-state index is 10.7. The molecule has 88 valence electrons. The van der Waals surface area contributed by atoms with Gasteiger partial charge < -0.3 is 9.67 Å². The number of aromatic nitrogens is 2. The molecule has 1 heterocycles. The number of imidazole rings is 1. The second kappa shape index (κ2) is 5.01. The molecular formula is C12H11ClN2O2. The number of carboxylic acid groups (broad SMARTS) is 1. The summed E-state index contributed by atoms with van der Waals surface area (Å²) in [6.45, 7) is 0.573. The molecule has 4 nitrogen and oxygen atoms in total. The van der Waals surface area contributed by atoms with Gasteiger partial charge in [-0.05, 0) is 11.1 Å². The lowest BCUT2D eigenvalue weighted by Gasteiger charge is -2.07. The predicted octanol–water partition coefficient (Wildman–Crippen LogP) is 2.21. The van der Waals surface area contributed by atoms with E-state index in [4.69, 9.17) is 16.7 Å². The van der Waals surface area contributed by atoms with Gasteiger partial charge in [-0.1, -0.05) is 35.9 Å². The molecule has 0 aliphatic carbocycles. The fourth-order valence-corrected chi connectivity index (χ4v) is 1.83. The highest BCUT2D eigenvalue weighted by molar-refractivity contribution is 6.29. The van der Waals surface area contributed by atoms with Crippen LogP contribution in [0.4, 0.5) is 0 Å². The van der Waals surface area contributed by atoms with Crippen LogP contribution in [0.15, 0.2) is 36.8 Å². The van der Waals surface area contributed by atoms with Crippen LogP contribution >= 0.6 is 11.6 Å². The molecule has 0 atom stereocenters. The number of benzene rings is 1. The quantitative estimate of drug-likeness (QED) is 0.905. The molecule has 1 aromatic carbocycles. The Bertz CT molecular complexity index is 537. The smallest absolute Gasteiger partial charge is 0.307 e. The Morgan fingerprint density at radius 1 is 1.35 bits per heavy atom. The molecule has 0 aliphatic rings. The average Bonchev–Trinajstić information content (AvgIpc) is 2.66. The molecule has 0 spiro atoms. The molecule has 0 bridgehead atoms. The molecule has 2 rings (SSSR count). The van der Waals surface area contributed by atoms with E-state index in [0.29, 0.717) is 11.7 Å². The minimum Gasteiger partial charge on any atom is -0.481 e. The van der Waals surface area contributed by atoms with E-state index in [-0.39, 0.29) is 6.42 Å². The van der Waals surface area contributed by atoms with Crippen molar-refractivity contribution < 1.29 is 9.90 Å². The lowest BCUT2D eigenvalue weighted by atomic mass is 10.0. The van der Waals surface area contributed by atoms with Gasteiger partial charge in [0.1, 0.15) is 5.15 Å². The highest BCUT2D eigenvalue weighted by Crippen LogP contribution is 2.13. The summed E-state index contributed by atoms with van der Waals surface area (Å²) in [4.78, 5) is 14.7. The summed E-state index contributed by atoms with van der Waals surface area (Å²) in [7, 11) is 0. The SMILES string of the molecule is O=C(O)Cc1ccccc1Cn1cnc(Cl)c1. The summed E-state index contributed by atoms with van der Waals surface area (Å²) >= 11 is 5.72. The number of halogens is 1. The topological polar surface area (TPSA) is 55.1 Å². The van der Waals surface area contributed by atoms with Crippen LogP contribution in [0.1, 0.15) is 11.1 Å². The zero-order chi connectivity index (χ0) is 12.3. The highest BCUT2D eigenvalue weighted by Gasteiger charge is 2.06. The lowest BCUT2D eigenvalue weighted by molar-refractivity contribution is -0.136. The van der Waals surface area contributed by atoms with E-state index < -0.39 is 5.97 Å². The maximum absolute atomic E-state index is 10.7. The first-order chi connectivity index (χ1) is 8.15. The Balaban J connectivity index is 2.23. The molecule has 0 aliphatic heterocycles. The van der Waals surface area contributed by atoms with Gasteiger partial charge in [-0.3, -0.25) is 4.79 Å². The van der Waals surface area contributed by atoms with Gasteiger partial charge >= 0.3 is 5.97 Å². The predicted molar refractivity (Wildman–Crippen MR) is 64.1 cm³/mol. The normalized spacial score (nSPS) is 10.4. The standard InChI is InChI=1S/C12H11ClN2O2/c13-11-7-15(8-14-11)6-10-4-2-1-3-9(10)5-12(16)17/h1-4,7-8H,5-6H2,(H,16,17). The summed E-state index contributed by atoms with van der Waals surface area (Å²) in [6.07, 6.45) is 3.36. The number of nitrogens with zero attached hydrogens (tertiary/aromatic N) is 2. The molecular weight excluding hydrogens is 240 g/mol.